The van der Waals surface area contributed by atoms with Crippen molar-refractivity contribution in [3.63, 3.8) is 0 Å². The summed E-state index contributed by atoms with van der Waals surface area (Å²) in [6, 6.07) is 7.29. The fourth-order valence-corrected chi connectivity index (χ4v) is 2.59. The standard InChI is InChI=1S/C15H18N2O3S/c1-3-11(8-18)16-14(19)13-9-21-15(17-13)10-4-6-12(20-2)7-5-10/h4-7,9,11,18H,3,8H2,1-2H3,(H,16,19)/t11-/m0/s1. The molecule has 2 N–H and O–H groups in total. The van der Waals surface area contributed by atoms with Crippen molar-refractivity contribution in [3.05, 3.63) is 35.3 Å². The fourth-order valence-electron chi connectivity index (χ4n) is 1.78. The molecular formula is C15H18N2O3S. The number of aliphatic hydroxyl groups excluding tert-OH is 1. The Balaban J connectivity index is 2.11. The van der Waals surface area contributed by atoms with Crippen LogP contribution < -0.4 is 10.1 Å². The molecule has 1 atom stereocenters. The van der Waals surface area contributed by atoms with E-state index in [4.69, 9.17) is 9.84 Å². The van der Waals surface area contributed by atoms with Crippen molar-refractivity contribution in [1.82, 2.24) is 10.3 Å². The highest BCUT2D eigenvalue weighted by molar-refractivity contribution is 7.13. The van der Waals surface area contributed by atoms with Crippen LogP contribution in [0.4, 0.5) is 0 Å². The molecule has 0 spiro atoms. The Morgan fingerprint density at radius 1 is 1.43 bits per heavy atom. The molecule has 0 aliphatic rings. The van der Waals surface area contributed by atoms with Gasteiger partial charge in [-0.15, -0.1) is 11.3 Å². The first-order valence-electron chi connectivity index (χ1n) is 6.69. The van der Waals surface area contributed by atoms with Gasteiger partial charge in [0.15, 0.2) is 0 Å². The van der Waals surface area contributed by atoms with Crippen LogP contribution >= 0.6 is 11.3 Å². The van der Waals surface area contributed by atoms with Crippen LogP contribution in [0.5, 0.6) is 5.75 Å². The predicted octanol–water partition coefficient (Wildman–Crippen LogP) is 2.32. The van der Waals surface area contributed by atoms with Crippen molar-refractivity contribution in [2.24, 2.45) is 0 Å². The number of thiazole rings is 1. The third-order valence-electron chi connectivity index (χ3n) is 3.12. The molecule has 0 unspecified atom stereocenters. The van der Waals surface area contributed by atoms with Crippen molar-refractivity contribution >= 4 is 17.2 Å². The molecule has 0 fully saturated rings. The molecule has 5 nitrogen and oxygen atoms in total. The van der Waals surface area contributed by atoms with E-state index in [1.54, 1.807) is 12.5 Å². The number of benzene rings is 1. The van der Waals surface area contributed by atoms with Crippen molar-refractivity contribution in [2.75, 3.05) is 13.7 Å². The second-order valence-corrected chi connectivity index (χ2v) is 5.39. The molecule has 1 aromatic carbocycles. The molecule has 2 rings (SSSR count). The Labute approximate surface area is 127 Å². The smallest absolute Gasteiger partial charge is 0.271 e. The second-order valence-electron chi connectivity index (χ2n) is 4.53. The zero-order valence-corrected chi connectivity index (χ0v) is 12.8. The topological polar surface area (TPSA) is 71.5 Å². The summed E-state index contributed by atoms with van der Waals surface area (Å²) in [6.45, 7) is 1.84. The number of rotatable bonds is 6. The van der Waals surface area contributed by atoms with Gasteiger partial charge in [-0.1, -0.05) is 6.92 Å². The van der Waals surface area contributed by atoms with Crippen LogP contribution in [0.2, 0.25) is 0 Å². The molecule has 0 aliphatic heterocycles. The summed E-state index contributed by atoms with van der Waals surface area (Å²) in [4.78, 5) is 16.4. The summed E-state index contributed by atoms with van der Waals surface area (Å²) in [5, 5.41) is 14.4. The normalized spacial score (nSPS) is 12.0. The molecule has 21 heavy (non-hydrogen) atoms. The lowest BCUT2D eigenvalue weighted by Gasteiger charge is -2.12. The minimum atomic E-state index is -0.257. The predicted molar refractivity (Wildman–Crippen MR) is 82.7 cm³/mol. The number of aliphatic hydroxyl groups is 1. The number of carbonyl (C=O) groups is 1. The van der Waals surface area contributed by atoms with Gasteiger partial charge in [0.05, 0.1) is 19.8 Å². The molecule has 1 amide bonds. The van der Waals surface area contributed by atoms with Gasteiger partial charge in [0.1, 0.15) is 16.5 Å². The van der Waals surface area contributed by atoms with E-state index in [2.05, 4.69) is 10.3 Å². The zero-order valence-electron chi connectivity index (χ0n) is 12.0. The van der Waals surface area contributed by atoms with Crippen molar-refractivity contribution < 1.29 is 14.6 Å². The number of aromatic nitrogens is 1. The quantitative estimate of drug-likeness (QED) is 0.859. The van der Waals surface area contributed by atoms with Gasteiger partial charge in [0.25, 0.3) is 5.91 Å². The highest BCUT2D eigenvalue weighted by Crippen LogP contribution is 2.25. The Morgan fingerprint density at radius 3 is 2.71 bits per heavy atom. The number of hydrogen-bond acceptors (Lipinski definition) is 5. The molecule has 0 saturated heterocycles. The highest BCUT2D eigenvalue weighted by Gasteiger charge is 2.15. The number of nitrogens with zero attached hydrogens (tertiary/aromatic N) is 1. The Bertz CT molecular complexity index is 591. The van der Waals surface area contributed by atoms with Gasteiger partial charge >= 0.3 is 0 Å². The van der Waals surface area contributed by atoms with Gasteiger partial charge in [-0.3, -0.25) is 4.79 Å². The number of hydrogen-bond donors (Lipinski definition) is 2. The van der Waals surface area contributed by atoms with E-state index in [1.165, 1.54) is 11.3 Å². The highest BCUT2D eigenvalue weighted by atomic mass is 32.1. The van der Waals surface area contributed by atoms with Gasteiger partial charge in [-0.2, -0.15) is 0 Å². The monoisotopic (exact) mass is 306 g/mol. The molecule has 1 aromatic heterocycles. The van der Waals surface area contributed by atoms with E-state index in [-0.39, 0.29) is 18.6 Å². The largest absolute Gasteiger partial charge is 0.497 e. The number of ether oxygens (including phenoxy) is 1. The number of methoxy groups -OCH3 is 1. The summed E-state index contributed by atoms with van der Waals surface area (Å²) < 4.78 is 5.11. The molecule has 0 aliphatic carbocycles. The van der Waals surface area contributed by atoms with E-state index in [1.807, 2.05) is 31.2 Å². The number of amides is 1. The van der Waals surface area contributed by atoms with E-state index in [9.17, 15) is 4.79 Å². The minimum Gasteiger partial charge on any atom is -0.497 e. The molecular weight excluding hydrogens is 288 g/mol. The lowest BCUT2D eigenvalue weighted by Crippen LogP contribution is -2.37. The van der Waals surface area contributed by atoms with Gasteiger partial charge in [0, 0.05) is 10.9 Å². The average Bonchev–Trinajstić information content (AvgIpc) is 3.02. The lowest BCUT2D eigenvalue weighted by atomic mass is 10.2. The van der Waals surface area contributed by atoms with Crippen LogP contribution in [0.3, 0.4) is 0 Å². The summed E-state index contributed by atoms with van der Waals surface area (Å²) in [5.41, 5.74) is 1.31. The molecule has 112 valence electrons. The van der Waals surface area contributed by atoms with Crippen LogP contribution in [0, 0.1) is 0 Å². The Morgan fingerprint density at radius 2 is 2.14 bits per heavy atom. The van der Waals surface area contributed by atoms with E-state index < -0.39 is 0 Å². The van der Waals surface area contributed by atoms with Crippen molar-refractivity contribution in [3.8, 4) is 16.3 Å². The third-order valence-corrected chi connectivity index (χ3v) is 4.01. The van der Waals surface area contributed by atoms with Gasteiger partial charge in [-0.25, -0.2) is 4.98 Å². The Hall–Kier alpha value is -1.92. The van der Waals surface area contributed by atoms with E-state index >= 15 is 0 Å². The zero-order chi connectivity index (χ0) is 15.2. The first kappa shape index (κ1) is 15.5. The lowest BCUT2D eigenvalue weighted by molar-refractivity contribution is 0.0910. The average molecular weight is 306 g/mol. The fraction of sp³-hybridized carbons (Fsp3) is 0.333. The third kappa shape index (κ3) is 3.80. The molecule has 1 heterocycles. The molecule has 0 saturated carbocycles. The SMILES string of the molecule is CC[C@@H](CO)NC(=O)c1csc(-c2ccc(OC)cc2)n1. The van der Waals surface area contributed by atoms with Crippen LogP contribution in [-0.2, 0) is 0 Å². The first-order chi connectivity index (χ1) is 10.2. The van der Waals surface area contributed by atoms with Gasteiger partial charge in [0.2, 0.25) is 0 Å². The second kappa shape index (κ2) is 7.19. The molecule has 0 bridgehead atoms. The van der Waals surface area contributed by atoms with Gasteiger partial charge in [-0.05, 0) is 30.7 Å². The van der Waals surface area contributed by atoms with Crippen molar-refractivity contribution in [1.29, 1.82) is 0 Å². The summed E-state index contributed by atoms with van der Waals surface area (Å²) in [5.74, 6) is 0.522. The maximum Gasteiger partial charge on any atom is 0.271 e. The van der Waals surface area contributed by atoms with Crippen LogP contribution in [-0.4, -0.2) is 35.8 Å². The van der Waals surface area contributed by atoms with Crippen LogP contribution in [0.1, 0.15) is 23.8 Å². The number of carbonyl (C=O) groups excluding carboxylic acids is 1. The van der Waals surface area contributed by atoms with E-state index in [0.29, 0.717) is 12.1 Å². The Kier molecular flexibility index (Phi) is 5.30. The summed E-state index contributed by atoms with van der Waals surface area (Å²) >= 11 is 1.41. The van der Waals surface area contributed by atoms with E-state index in [0.717, 1.165) is 16.3 Å². The maximum absolute atomic E-state index is 12.0. The number of nitrogens with one attached hydrogen (secondary N) is 1. The molecule has 2 aromatic rings. The molecule has 6 heteroatoms. The molecule has 0 radical (unpaired) electrons. The summed E-state index contributed by atoms with van der Waals surface area (Å²) in [7, 11) is 1.62. The van der Waals surface area contributed by atoms with Crippen LogP contribution in [0.25, 0.3) is 10.6 Å². The first-order valence-corrected chi connectivity index (χ1v) is 7.57. The summed E-state index contributed by atoms with van der Waals surface area (Å²) in [6.07, 6.45) is 0.678. The van der Waals surface area contributed by atoms with Gasteiger partial charge < -0.3 is 15.2 Å². The minimum absolute atomic E-state index is 0.0717. The van der Waals surface area contributed by atoms with Crippen molar-refractivity contribution in [2.45, 2.75) is 19.4 Å². The maximum atomic E-state index is 12.0. The van der Waals surface area contributed by atoms with Crippen LogP contribution in [0.15, 0.2) is 29.6 Å².